The first-order valence-corrected chi connectivity index (χ1v) is 10.6. The van der Waals surface area contributed by atoms with Crippen molar-refractivity contribution in [3.8, 4) is 16.9 Å². The van der Waals surface area contributed by atoms with E-state index in [1.54, 1.807) is 64.3 Å². The van der Waals surface area contributed by atoms with Crippen molar-refractivity contribution in [2.75, 3.05) is 27.1 Å². The van der Waals surface area contributed by atoms with Gasteiger partial charge in [-0.25, -0.2) is 13.1 Å². The van der Waals surface area contributed by atoms with E-state index in [0.29, 0.717) is 35.7 Å². The van der Waals surface area contributed by atoms with Gasteiger partial charge in [-0.15, -0.1) is 0 Å². The molecule has 0 aliphatic carbocycles. The molecule has 0 unspecified atom stereocenters. The molecule has 0 bridgehead atoms. The Bertz CT molecular complexity index is 934. The highest BCUT2D eigenvalue weighted by atomic mass is 32.2. The summed E-state index contributed by atoms with van der Waals surface area (Å²) >= 11 is 0. The van der Waals surface area contributed by atoms with Crippen LogP contribution in [0.1, 0.15) is 31.1 Å². The van der Waals surface area contributed by atoms with Crippen molar-refractivity contribution in [2.45, 2.75) is 31.2 Å². The Balaban J connectivity index is 2.43. The summed E-state index contributed by atoms with van der Waals surface area (Å²) in [6.07, 6.45) is 0.722. The molecule has 0 atom stereocenters. The minimum Gasteiger partial charge on any atom is -0.468 e. The van der Waals surface area contributed by atoms with Gasteiger partial charge in [-0.3, -0.25) is 4.79 Å². The molecule has 0 radical (unpaired) electrons. The van der Waals surface area contributed by atoms with Crippen LogP contribution in [0, 0.1) is 0 Å². The predicted octanol–water partition coefficient (Wildman–Crippen LogP) is 3.24. The number of hydrogen-bond acceptors (Lipinski definition) is 6. The molecule has 8 heteroatoms. The smallest absolute Gasteiger partial charge is 0.241 e. The zero-order valence-electron chi connectivity index (χ0n) is 17.1. The Morgan fingerprint density at radius 3 is 2.48 bits per heavy atom. The number of hydrogen-bond donors (Lipinski definition) is 1. The van der Waals surface area contributed by atoms with Gasteiger partial charge in [-0.1, -0.05) is 18.2 Å². The fourth-order valence-electron chi connectivity index (χ4n) is 2.60. The fraction of sp³-hybridized carbons (Fsp3) is 0.381. The third-order valence-corrected chi connectivity index (χ3v) is 5.56. The molecule has 7 nitrogen and oxygen atoms in total. The topological polar surface area (TPSA) is 90.9 Å². The van der Waals surface area contributed by atoms with Crippen LogP contribution in [0.2, 0.25) is 0 Å². The summed E-state index contributed by atoms with van der Waals surface area (Å²) in [6, 6.07) is 11.5. The Kier molecular flexibility index (Phi) is 7.92. The standard InChI is InChI=1S/C21H27NO6S/c1-21(2,3)22-29(24,25)20-13-18(28-15-27-11-10-26-4)8-9-19(20)17-7-5-6-16(12-17)14-23/h5-9,12-14,22H,10-11,15H2,1-4H3. The van der Waals surface area contributed by atoms with E-state index in [1.807, 2.05) is 0 Å². The van der Waals surface area contributed by atoms with Crippen LogP contribution in [-0.4, -0.2) is 47.4 Å². The Hall–Kier alpha value is -2.26. The summed E-state index contributed by atoms with van der Waals surface area (Å²) in [4.78, 5) is 11.2. The molecule has 0 fully saturated rings. The second kappa shape index (κ2) is 9.98. The zero-order valence-corrected chi connectivity index (χ0v) is 17.9. The van der Waals surface area contributed by atoms with Crippen LogP contribution in [0.15, 0.2) is 47.4 Å². The number of benzene rings is 2. The van der Waals surface area contributed by atoms with Gasteiger partial charge >= 0.3 is 0 Å². The van der Waals surface area contributed by atoms with Crippen LogP contribution < -0.4 is 9.46 Å². The summed E-state index contributed by atoms with van der Waals surface area (Å²) in [5.41, 5.74) is 0.882. The highest BCUT2D eigenvalue weighted by molar-refractivity contribution is 7.89. The van der Waals surface area contributed by atoms with E-state index in [-0.39, 0.29) is 11.7 Å². The molecule has 0 aliphatic rings. The van der Waals surface area contributed by atoms with Crippen LogP contribution in [0.4, 0.5) is 0 Å². The molecular weight excluding hydrogens is 394 g/mol. The number of carbonyl (C=O) groups excluding carboxylic acids is 1. The van der Waals surface area contributed by atoms with Gasteiger partial charge in [0.2, 0.25) is 10.0 Å². The third kappa shape index (κ3) is 6.93. The normalized spacial score (nSPS) is 12.0. The maximum absolute atomic E-state index is 13.1. The Morgan fingerprint density at radius 1 is 1.07 bits per heavy atom. The first-order valence-electron chi connectivity index (χ1n) is 9.09. The maximum atomic E-state index is 13.1. The SMILES string of the molecule is COCCOCOc1ccc(-c2cccc(C=O)c2)c(S(=O)(=O)NC(C)(C)C)c1. The van der Waals surface area contributed by atoms with Crippen molar-refractivity contribution < 1.29 is 27.4 Å². The molecule has 0 amide bonds. The number of rotatable bonds is 10. The minimum atomic E-state index is -3.86. The fourth-order valence-corrected chi connectivity index (χ4v) is 4.26. The van der Waals surface area contributed by atoms with Gasteiger partial charge < -0.3 is 14.2 Å². The molecule has 1 N–H and O–H groups in total. The van der Waals surface area contributed by atoms with Crippen LogP contribution in [-0.2, 0) is 19.5 Å². The average Bonchev–Trinajstić information content (AvgIpc) is 2.66. The quantitative estimate of drug-likeness (QED) is 0.360. The van der Waals surface area contributed by atoms with Crippen molar-refractivity contribution in [2.24, 2.45) is 0 Å². The second-order valence-electron chi connectivity index (χ2n) is 7.42. The molecule has 2 rings (SSSR count). The lowest BCUT2D eigenvalue weighted by atomic mass is 10.0. The van der Waals surface area contributed by atoms with E-state index >= 15 is 0 Å². The first kappa shape index (κ1) is 23.0. The van der Waals surface area contributed by atoms with Gasteiger partial charge in [0, 0.05) is 29.8 Å². The molecule has 0 spiro atoms. The van der Waals surface area contributed by atoms with Crippen LogP contribution in [0.25, 0.3) is 11.1 Å². The monoisotopic (exact) mass is 421 g/mol. The number of carbonyl (C=O) groups is 1. The highest BCUT2D eigenvalue weighted by Crippen LogP contribution is 2.32. The molecule has 158 valence electrons. The number of sulfonamides is 1. The molecule has 0 heterocycles. The molecule has 0 saturated heterocycles. The van der Waals surface area contributed by atoms with E-state index in [9.17, 15) is 13.2 Å². The summed E-state index contributed by atoms with van der Waals surface area (Å²) < 4.78 is 44.5. The largest absolute Gasteiger partial charge is 0.468 e. The van der Waals surface area contributed by atoms with Crippen molar-refractivity contribution in [3.05, 3.63) is 48.0 Å². The van der Waals surface area contributed by atoms with Crippen LogP contribution in [0.5, 0.6) is 5.75 Å². The lowest BCUT2D eigenvalue weighted by molar-refractivity contribution is -0.00856. The number of nitrogens with one attached hydrogen (secondary N) is 1. The highest BCUT2D eigenvalue weighted by Gasteiger charge is 2.26. The van der Waals surface area contributed by atoms with Crippen molar-refractivity contribution >= 4 is 16.3 Å². The first-order chi connectivity index (χ1) is 13.7. The number of aldehydes is 1. The molecule has 0 aromatic heterocycles. The van der Waals surface area contributed by atoms with Gasteiger partial charge in [0.05, 0.1) is 18.1 Å². The molecular formula is C21H27NO6S. The van der Waals surface area contributed by atoms with Gasteiger partial charge in [-0.05, 0) is 44.5 Å². The minimum absolute atomic E-state index is 0.0322. The summed E-state index contributed by atoms with van der Waals surface area (Å²) in [5, 5.41) is 0. The maximum Gasteiger partial charge on any atom is 0.241 e. The van der Waals surface area contributed by atoms with Crippen LogP contribution >= 0.6 is 0 Å². The van der Waals surface area contributed by atoms with E-state index in [1.165, 1.54) is 6.07 Å². The summed E-state index contributed by atoms with van der Waals surface area (Å²) in [7, 11) is -2.29. The average molecular weight is 422 g/mol. The van der Waals surface area contributed by atoms with Crippen molar-refractivity contribution in [1.82, 2.24) is 4.72 Å². The van der Waals surface area contributed by atoms with Crippen molar-refractivity contribution in [1.29, 1.82) is 0 Å². The van der Waals surface area contributed by atoms with E-state index in [2.05, 4.69) is 4.72 Å². The lowest BCUT2D eigenvalue weighted by Crippen LogP contribution is -2.40. The lowest BCUT2D eigenvalue weighted by Gasteiger charge is -2.22. The van der Waals surface area contributed by atoms with Gasteiger partial charge in [0.15, 0.2) is 6.79 Å². The van der Waals surface area contributed by atoms with E-state index in [0.717, 1.165) is 6.29 Å². The zero-order chi connectivity index (χ0) is 21.5. The summed E-state index contributed by atoms with van der Waals surface area (Å²) in [5.74, 6) is 0.354. The second-order valence-corrected chi connectivity index (χ2v) is 9.07. The van der Waals surface area contributed by atoms with Crippen LogP contribution in [0.3, 0.4) is 0 Å². The summed E-state index contributed by atoms with van der Waals surface area (Å²) in [6.45, 7) is 6.06. The van der Waals surface area contributed by atoms with Gasteiger partial charge in [0.25, 0.3) is 0 Å². The van der Waals surface area contributed by atoms with E-state index in [4.69, 9.17) is 14.2 Å². The molecule has 2 aromatic rings. The van der Waals surface area contributed by atoms with E-state index < -0.39 is 15.6 Å². The van der Waals surface area contributed by atoms with Gasteiger partial charge in [0.1, 0.15) is 12.0 Å². The third-order valence-electron chi connectivity index (χ3n) is 3.76. The molecule has 0 aliphatic heterocycles. The molecule has 29 heavy (non-hydrogen) atoms. The van der Waals surface area contributed by atoms with Crippen molar-refractivity contribution in [3.63, 3.8) is 0 Å². The van der Waals surface area contributed by atoms with Gasteiger partial charge in [-0.2, -0.15) is 0 Å². The predicted molar refractivity (Wildman–Crippen MR) is 111 cm³/mol. The number of methoxy groups -OCH3 is 1. The Morgan fingerprint density at radius 2 is 1.83 bits per heavy atom. The Labute approximate surface area is 172 Å². The number of ether oxygens (including phenoxy) is 3. The molecule has 2 aromatic carbocycles. The molecule has 0 saturated carbocycles.